The Kier molecular flexibility index (Phi) is 5.75. The van der Waals surface area contributed by atoms with Crippen molar-refractivity contribution in [3.05, 3.63) is 11.1 Å². The van der Waals surface area contributed by atoms with Crippen LogP contribution in [0.3, 0.4) is 0 Å². The van der Waals surface area contributed by atoms with Gasteiger partial charge in [-0.2, -0.15) is 5.26 Å². The molecule has 4 aliphatic carbocycles. The fourth-order valence-electron chi connectivity index (χ4n) is 7.61. The third-order valence-electron chi connectivity index (χ3n) is 8.42. The summed E-state index contributed by atoms with van der Waals surface area (Å²) >= 11 is 0. The number of rotatable bonds is 4. The fourth-order valence-corrected chi connectivity index (χ4v) is 10.2. The van der Waals surface area contributed by atoms with Gasteiger partial charge >= 0.3 is 0 Å². The summed E-state index contributed by atoms with van der Waals surface area (Å²) in [6, 6.07) is 2.68. The Bertz CT molecular complexity index is 741. The van der Waals surface area contributed by atoms with Gasteiger partial charge < -0.3 is 8.85 Å². The molecule has 0 radical (unpaired) electrons. The smallest absolute Gasteiger partial charge is 0.187 e. The summed E-state index contributed by atoms with van der Waals surface area (Å²) in [6.07, 6.45) is 10.8. The second-order valence-corrected chi connectivity index (χ2v) is 21.6. The van der Waals surface area contributed by atoms with Crippen LogP contribution < -0.4 is 0 Å². The van der Waals surface area contributed by atoms with Gasteiger partial charge in [-0.25, -0.2) is 0 Å². The molecule has 0 saturated heterocycles. The predicted molar refractivity (Wildman–Crippen MR) is 128 cm³/mol. The van der Waals surface area contributed by atoms with Crippen LogP contribution in [0.1, 0.15) is 64.7 Å². The molecule has 3 fully saturated rings. The first kappa shape index (κ1) is 22.8. The quantitative estimate of drug-likeness (QED) is 0.260. The van der Waals surface area contributed by atoms with Crippen molar-refractivity contribution in [1.82, 2.24) is 0 Å². The molecule has 5 heteroatoms. The molecule has 0 N–H and O–H groups in total. The summed E-state index contributed by atoms with van der Waals surface area (Å²) in [5.74, 6) is 1.76. The van der Waals surface area contributed by atoms with E-state index in [2.05, 4.69) is 52.3 Å². The van der Waals surface area contributed by atoms with E-state index in [1.54, 1.807) is 11.1 Å². The van der Waals surface area contributed by atoms with E-state index in [0.717, 1.165) is 19.3 Å². The van der Waals surface area contributed by atoms with Crippen LogP contribution in [0, 0.1) is 40.4 Å². The molecule has 5 atom stereocenters. The lowest BCUT2D eigenvalue weighted by atomic mass is 9.54. The SMILES string of the molecule is C[C@]12CCC3=C4C(CCCC4(O[Si](C)(C)C)O[Si](C)(C)C)CC[C@H]3[C@@H]1CC[C@H]2C#N. The molecule has 4 rings (SSSR count). The lowest BCUT2D eigenvalue weighted by molar-refractivity contribution is -0.124. The van der Waals surface area contributed by atoms with Gasteiger partial charge in [-0.15, -0.1) is 0 Å². The van der Waals surface area contributed by atoms with E-state index < -0.39 is 22.4 Å². The topological polar surface area (TPSA) is 42.2 Å². The largest absolute Gasteiger partial charge is 0.388 e. The van der Waals surface area contributed by atoms with E-state index >= 15 is 0 Å². The van der Waals surface area contributed by atoms with Gasteiger partial charge in [-0.1, -0.05) is 12.5 Å². The maximum Gasteiger partial charge on any atom is 0.187 e. The average molecular weight is 446 g/mol. The Morgan fingerprint density at radius 2 is 1.57 bits per heavy atom. The van der Waals surface area contributed by atoms with E-state index in [1.807, 2.05) is 0 Å². The van der Waals surface area contributed by atoms with Crippen molar-refractivity contribution in [2.75, 3.05) is 0 Å². The summed E-state index contributed by atoms with van der Waals surface area (Å²) in [6.45, 7) is 16.4. The van der Waals surface area contributed by atoms with Crippen molar-refractivity contribution >= 4 is 16.6 Å². The Morgan fingerprint density at radius 3 is 2.17 bits per heavy atom. The zero-order valence-corrected chi connectivity index (χ0v) is 22.4. The van der Waals surface area contributed by atoms with Crippen LogP contribution >= 0.6 is 0 Å². The number of allylic oxidation sites excluding steroid dienone is 1. The van der Waals surface area contributed by atoms with Crippen molar-refractivity contribution in [3.63, 3.8) is 0 Å². The Morgan fingerprint density at radius 1 is 0.900 bits per heavy atom. The van der Waals surface area contributed by atoms with Gasteiger partial charge in [-0.05, 0) is 119 Å². The van der Waals surface area contributed by atoms with Crippen LogP contribution in [0.5, 0.6) is 0 Å². The lowest BCUT2D eigenvalue weighted by Gasteiger charge is -2.55. The number of nitriles is 1. The monoisotopic (exact) mass is 445 g/mol. The van der Waals surface area contributed by atoms with Gasteiger partial charge in [0.25, 0.3) is 0 Å². The lowest BCUT2D eigenvalue weighted by Crippen LogP contribution is -2.56. The highest BCUT2D eigenvalue weighted by atomic mass is 28.4. The molecule has 1 unspecified atom stereocenters. The zero-order chi connectivity index (χ0) is 21.9. The average Bonchev–Trinajstić information content (AvgIpc) is 2.95. The van der Waals surface area contributed by atoms with Crippen LogP contribution in [-0.4, -0.2) is 22.4 Å². The van der Waals surface area contributed by atoms with Crippen molar-refractivity contribution < 1.29 is 8.85 Å². The van der Waals surface area contributed by atoms with Crippen LogP contribution in [0.25, 0.3) is 0 Å². The maximum atomic E-state index is 9.80. The van der Waals surface area contributed by atoms with Crippen LogP contribution in [0.15, 0.2) is 11.1 Å². The van der Waals surface area contributed by atoms with E-state index in [-0.39, 0.29) is 11.3 Å². The number of hydrogen-bond acceptors (Lipinski definition) is 3. The number of nitrogens with zero attached hydrogens (tertiary/aromatic N) is 1. The molecule has 0 heterocycles. The van der Waals surface area contributed by atoms with Crippen molar-refractivity contribution in [2.45, 2.75) is 110 Å². The molecule has 0 aliphatic heterocycles. The molecule has 3 saturated carbocycles. The highest BCUT2D eigenvalue weighted by Crippen LogP contribution is 2.63. The van der Waals surface area contributed by atoms with Gasteiger partial charge in [0.05, 0.1) is 12.0 Å². The van der Waals surface area contributed by atoms with Crippen molar-refractivity contribution in [2.24, 2.45) is 29.1 Å². The van der Waals surface area contributed by atoms with Gasteiger partial charge in [-0.3, -0.25) is 0 Å². The first-order valence-corrected chi connectivity index (χ1v) is 19.2. The summed E-state index contributed by atoms with van der Waals surface area (Å²) in [7, 11) is -3.58. The first-order valence-electron chi connectivity index (χ1n) is 12.4. The predicted octanol–water partition coefficient (Wildman–Crippen LogP) is 7.24. The summed E-state index contributed by atoms with van der Waals surface area (Å²) < 4.78 is 14.2. The first-order chi connectivity index (χ1) is 13.9. The van der Waals surface area contributed by atoms with Crippen molar-refractivity contribution in [3.8, 4) is 6.07 Å². The van der Waals surface area contributed by atoms with Crippen LogP contribution in [0.2, 0.25) is 39.3 Å². The van der Waals surface area contributed by atoms with E-state index in [4.69, 9.17) is 8.85 Å². The number of hydrogen-bond donors (Lipinski definition) is 0. The third-order valence-corrected chi connectivity index (χ3v) is 10.3. The maximum absolute atomic E-state index is 9.80. The summed E-state index contributed by atoms with van der Waals surface area (Å²) in [4.78, 5) is 0. The van der Waals surface area contributed by atoms with E-state index in [1.165, 1.54) is 38.5 Å². The molecule has 0 amide bonds. The molecule has 30 heavy (non-hydrogen) atoms. The summed E-state index contributed by atoms with van der Waals surface area (Å²) in [5, 5.41) is 9.80. The van der Waals surface area contributed by atoms with Gasteiger partial charge in [0.1, 0.15) is 0 Å². The second kappa shape index (κ2) is 7.57. The van der Waals surface area contributed by atoms with Crippen molar-refractivity contribution in [1.29, 1.82) is 5.26 Å². The van der Waals surface area contributed by atoms with Gasteiger partial charge in [0.2, 0.25) is 0 Å². The van der Waals surface area contributed by atoms with Crippen LogP contribution in [-0.2, 0) is 8.85 Å². The highest BCUT2D eigenvalue weighted by molar-refractivity contribution is 6.71. The van der Waals surface area contributed by atoms with Gasteiger partial charge in [0, 0.05) is 6.42 Å². The zero-order valence-electron chi connectivity index (χ0n) is 20.4. The minimum atomic E-state index is -1.79. The molecule has 0 aromatic heterocycles. The minimum absolute atomic E-state index is 0.215. The van der Waals surface area contributed by atoms with E-state index in [9.17, 15) is 5.26 Å². The third kappa shape index (κ3) is 3.91. The Balaban J connectivity index is 1.81. The molecule has 0 spiro atoms. The standard InChI is InChI=1S/C25H43NO2Si2/c1-24-16-14-21-20(22(24)13-11-19(24)17-26)12-10-18-9-8-15-25(23(18)21,27-29(2,3)4)28-30(5,6)7/h18-20,22H,8-16H2,1-7H3/t18?,19-,20+,22-,24+/m0/s1. The molecule has 168 valence electrons. The summed E-state index contributed by atoms with van der Waals surface area (Å²) in [5.41, 5.74) is 3.52. The highest BCUT2D eigenvalue weighted by Gasteiger charge is 2.57. The molecule has 0 aromatic rings. The molecule has 0 aromatic carbocycles. The molecule has 4 aliphatic rings. The van der Waals surface area contributed by atoms with Gasteiger partial charge in [0.15, 0.2) is 22.4 Å². The second-order valence-electron chi connectivity index (χ2n) is 12.8. The number of fused-ring (bicyclic) bond motifs is 4. The molecular weight excluding hydrogens is 402 g/mol. The Labute approximate surface area is 186 Å². The van der Waals surface area contributed by atoms with E-state index in [0.29, 0.717) is 17.8 Å². The molecular formula is C25H43NO2Si2. The fraction of sp³-hybridized carbons (Fsp3) is 0.880. The molecule has 3 nitrogen and oxygen atoms in total. The Hall–Kier alpha value is -0.416. The molecule has 0 bridgehead atoms. The normalized spacial score (nSPS) is 38.5. The minimum Gasteiger partial charge on any atom is -0.388 e. The van der Waals surface area contributed by atoms with Crippen LogP contribution in [0.4, 0.5) is 0 Å².